The molecule has 1 aromatic carbocycles. The molecule has 2 N–H and O–H groups in total. The molecule has 1 aromatic heterocycles. The van der Waals surface area contributed by atoms with E-state index in [-0.39, 0.29) is 11.9 Å². The topological polar surface area (TPSA) is 90.7 Å². The van der Waals surface area contributed by atoms with Gasteiger partial charge in [-0.1, -0.05) is 18.9 Å². The van der Waals surface area contributed by atoms with Crippen molar-refractivity contribution in [1.82, 2.24) is 15.3 Å². The lowest BCUT2D eigenvalue weighted by atomic mass is 10.2. The Morgan fingerprint density at radius 1 is 1.22 bits per heavy atom. The second-order valence-electron chi connectivity index (χ2n) is 5.57. The summed E-state index contributed by atoms with van der Waals surface area (Å²) in [6.07, 6.45) is 7.45. The summed E-state index contributed by atoms with van der Waals surface area (Å²) < 4.78 is 0. The average molecular weight is 307 g/mol. The van der Waals surface area contributed by atoms with Crippen molar-refractivity contribution < 1.29 is 4.79 Å². The number of anilines is 2. The molecule has 0 aliphatic heterocycles. The molecule has 23 heavy (non-hydrogen) atoms. The van der Waals surface area contributed by atoms with E-state index in [1.54, 1.807) is 18.2 Å². The first-order chi connectivity index (χ1) is 11.2. The Hall–Kier alpha value is -2.94. The van der Waals surface area contributed by atoms with Gasteiger partial charge < -0.3 is 10.6 Å². The predicted molar refractivity (Wildman–Crippen MR) is 86.2 cm³/mol. The highest BCUT2D eigenvalue weighted by Crippen LogP contribution is 2.18. The van der Waals surface area contributed by atoms with E-state index in [0.717, 1.165) is 18.5 Å². The number of carbonyl (C=O) groups is 1. The quantitative estimate of drug-likeness (QED) is 0.906. The van der Waals surface area contributed by atoms with Crippen molar-refractivity contribution in [3.05, 3.63) is 47.8 Å². The standard InChI is InChI=1S/C17H17N5O/c18-9-12-4-3-7-15(8-12)22-17-19-10-13(11-20-17)16(23)21-14-5-1-2-6-14/h3-4,7-8,10-11,14H,1-2,5-6H2,(H,21,23)(H,19,20,22). The number of hydrogen-bond acceptors (Lipinski definition) is 5. The van der Waals surface area contributed by atoms with E-state index in [2.05, 4.69) is 26.7 Å². The number of rotatable bonds is 4. The largest absolute Gasteiger partial charge is 0.349 e. The molecular formula is C17H17N5O. The van der Waals surface area contributed by atoms with Gasteiger partial charge in [-0.05, 0) is 31.0 Å². The highest BCUT2D eigenvalue weighted by molar-refractivity contribution is 5.93. The Labute approximate surface area is 134 Å². The van der Waals surface area contributed by atoms with Crippen LogP contribution in [0.5, 0.6) is 0 Å². The van der Waals surface area contributed by atoms with Crippen molar-refractivity contribution in [3.63, 3.8) is 0 Å². The zero-order chi connectivity index (χ0) is 16.1. The molecule has 6 nitrogen and oxygen atoms in total. The van der Waals surface area contributed by atoms with Gasteiger partial charge >= 0.3 is 0 Å². The third kappa shape index (κ3) is 3.83. The molecule has 1 heterocycles. The van der Waals surface area contributed by atoms with E-state index >= 15 is 0 Å². The summed E-state index contributed by atoms with van der Waals surface area (Å²) in [7, 11) is 0. The van der Waals surface area contributed by atoms with E-state index in [9.17, 15) is 4.79 Å². The van der Waals surface area contributed by atoms with Gasteiger partial charge in [0.25, 0.3) is 5.91 Å². The van der Waals surface area contributed by atoms with Crippen LogP contribution in [-0.2, 0) is 0 Å². The average Bonchev–Trinajstić information content (AvgIpc) is 3.08. The number of nitrogens with zero attached hydrogens (tertiary/aromatic N) is 3. The van der Waals surface area contributed by atoms with Crippen LogP contribution in [0.2, 0.25) is 0 Å². The lowest BCUT2D eigenvalue weighted by molar-refractivity contribution is 0.0937. The van der Waals surface area contributed by atoms with Crippen LogP contribution in [0.4, 0.5) is 11.6 Å². The normalized spacial score (nSPS) is 14.2. The Bertz CT molecular complexity index is 729. The second kappa shape index (κ2) is 6.88. The highest BCUT2D eigenvalue weighted by Gasteiger charge is 2.18. The maximum absolute atomic E-state index is 12.1. The first-order valence-corrected chi connectivity index (χ1v) is 7.65. The molecule has 0 unspecified atom stereocenters. The lowest BCUT2D eigenvalue weighted by Crippen LogP contribution is -2.32. The van der Waals surface area contributed by atoms with Crippen molar-refractivity contribution in [2.24, 2.45) is 0 Å². The molecule has 1 saturated carbocycles. The fourth-order valence-corrected chi connectivity index (χ4v) is 2.64. The number of hydrogen-bond donors (Lipinski definition) is 2. The fourth-order valence-electron chi connectivity index (χ4n) is 2.64. The number of aromatic nitrogens is 2. The first kappa shape index (κ1) is 15.0. The van der Waals surface area contributed by atoms with E-state index in [4.69, 9.17) is 5.26 Å². The second-order valence-corrected chi connectivity index (χ2v) is 5.57. The summed E-state index contributed by atoms with van der Waals surface area (Å²) in [5.74, 6) is 0.257. The van der Waals surface area contributed by atoms with Crippen LogP contribution in [0.25, 0.3) is 0 Å². The molecule has 1 aliphatic carbocycles. The van der Waals surface area contributed by atoms with Gasteiger partial charge in [-0.3, -0.25) is 4.79 Å². The zero-order valence-corrected chi connectivity index (χ0v) is 12.6. The molecule has 6 heteroatoms. The van der Waals surface area contributed by atoms with Gasteiger partial charge in [0.2, 0.25) is 5.95 Å². The molecule has 1 aliphatic rings. The summed E-state index contributed by atoms with van der Waals surface area (Å²) in [5.41, 5.74) is 1.74. The number of amides is 1. The summed E-state index contributed by atoms with van der Waals surface area (Å²) in [6.45, 7) is 0. The van der Waals surface area contributed by atoms with E-state index in [0.29, 0.717) is 17.1 Å². The lowest BCUT2D eigenvalue weighted by Gasteiger charge is -2.11. The molecule has 0 bridgehead atoms. The summed E-state index contributed by atoms with van der Waals surface area (Å²) >= 11 is 0. The minimum absolute atomic E-state index is 0.130. The van der Waals surface area contributed by atoms with E-state index in [1.165, 1.54) is 25.2 Å². The molecule has 1 fully saturated rings. The van der Waals surface area contributed by atoms with E-state index < -0.39 is 0 Å². The van der Waals surface area contributed by atoms with Gasteiger partial charge in [-0.25, -0.2) is 9.97 Å². The molecule has 0 saturated heterocycles. The Morgan fingerprint density at radius 3 is 2.65 bits per heavy atom. The smallest absolute Gasteiger partial charge is 0.254 e. The van der Waals surface area contributed by atoms with Crippen molar-refractivity contribution in [3.8, 4) is 6.07 Å². The molecular weight excluding hydrogens is 290 g/mol. The molecule has 2 aromatic rings. The van der Waals surface area contributed by atoms with Gasteiger partial charge in [0.1, 0.15) is 0 Å². The van der Waals surface area contributed by atoms with Crippen molar-refractivity contribution >= 4 is 17.5 Å². The van der Waals surface area contributed by atoms with Crippen LogP contribution in [-0.4, -0.2) is 21.9 Å². The zero-order valence-electron chi connectivity index (χ0n) is 12.6. The summed E-state index contributed by atoms with van der Waals surface area (Å²) in [5, 5.41) is 14.9. The monoisotopic (exact) mass is 307 g/mol. The Balaban J connectivity index is 1.64. The molecule has 3 rings (SSSR count). The van der Waals surface area contributed by atoms with Crippen LogP contribution in [0.1, 0.15) is 41.6 Å². The van der Waals surface area contributed by atoms with Gasteiger partial charge in [0.05, 0.1) is 17.2 Å². The maximum atomic E-state index is 12.1. The minimum atomic E-state index is -0.130. The first-order valence-electron chi connectivity index (χ1n) is 7.65. The van der Waals surface area contributed by atoms with Crippen LogP contribution >= 0.6 is 0 Å². The van der Waals surface area contributed by atoms with Gasteiger partial charge in [0.15, 0.2) is 0 Å². The number of nitrogens with one attached hydrogen (secondary N) is 2. The van der Waals surface area contributed by atoms with Crippen LogP contribution in [0, 0.1) is 11.3 Å². The van der Waals surface area contributed by atoms with Crippen molar-refractivity contribution in [2.45, 2.75) is 31.7 Å². The molecule has 0 radical (unpaired) electrons. The fraction of sp³-hybridized carbons (Fsp3) is 0.294. The Morgan fingerprint density at radius 2 is 1.96 bits per heavy atom. The minimum Gasteiger partial charge on any atom is -0.349 e. The molecule has 0 atom stereocenters. The Kier molecular flexibility index (Phi) is 4.48. The van der Waals surface area contributed by atoms with Crippen LogP contribution < -0.4 is 10.6 Å². The molecule has 116 valence electrons. The SMILES string of the molecule is N#Cc1cccc(Nc2ncc(C(=O)NC3CCCC3)cn2)c1. The van der Waals surface area contributed by atoms with Gasteiger partial charge in [-0.15, -0.1) is 0 Å². The third-order valence-electron chi connectivity index (χ3n) is 3.85. The van der Waals surface area contributed by atoms with Crippen molar-refractivity contribution in [2.75, 3.05) is 5.32 Å². The summed E-state index contributed by atoms with van der Waals surface area (Å²) in [4.78, 5) is 20.4. The number of nitriles is 1. The van der Waals surface area contributed by atoms with E-state index in [1.807, 2.05) is 6.07 Å². The molecule has 0 spiro atoms. The number of benzene rings is 1. The predicted octanol–water partition coefficient (Wildman–Crippen LogP) is 2.76. The molecule has 1 amide bonds. The highest BCUT2D eigenvalue weighted by atomic mass is 16.1. The third-order valence-corrected chi connectivity index (χ3v) is 3.85. The van der Waals surface area contributed by atoms with Crippen molar-refractivity contribution in [1.29, 1.82) is 5.26 Å². The van der Waals surface area contributed by atoms with Crippen LogP contribution in [0.15, 0.2) is 36.7 Å². The maximum Gasteiger partial charge on any atom is 0.254 e. The van der Waals surface area contributed by atoms with Gasteiger partial charge in [-0.2, -0.15) is 5.26 Å². The van der Waals surface area contributed by atoms with Gasteiger partial charge in [0, 0.05) is 24.1 Å². The number of carbonyl (C=O) groups excluding carboxylic acids is 1. The summed E-state index contributed by atoms with van der Waals surface area (Å²) in [6, 6.07) is 9.39. The van der Waals surface area contributed by atoms with Crippen LogP contribution in [0.3, 0.4) is 0 Å².